The molecule has 0 bridgehead atoms. The van der Waals surface area contributed by atoms with Crippen LogP contribution in [0.25, 0.3) is 0 Å². The standard InChI is InChI=1S/C13H18BrN3O2/c1-9-7-12(11(14)8-13(9)17(18)19)16-6-2-5-15-10-3-4-10/h7-8,10,15-16H,2-6H2,1H3. The summed E-state index contributed by atoms with van der Waals surface area (Å²) in [6, 6.07) is 4.12. The van der Waals surface area contributed by atoms with Crippen LogP contribution in [0.1, 0.15) is 24.8 Å². The Balaban J connectivity index is 1.85. The van der Waals surface area contributed by atoms with Gasteiger partial charge in [0.1, 0.15) is 0 Å². The smallest absolute Gasteiger partial charge is 0.273 e. The molecule has 0 spiro atoms. The van der Waals surface area contributed by atoms with Gasteiger partial charge >= 0.3 is 0 Å². The van der Waals surface area contributed by atoms with Crippen molar-refractivity contribution in [2.45, 2.75) is 32.2 Å². The maximum atomic E-state index is 10.8. The number of hydrogen-bond donors (Lipinski definition) is 2. The summed E-state index contributed by atoms with van der Waals surface area (Å²) in [6.07, 6.45) is 3.65. The number of nitro groups is 1. The highest BCUT2D eigenvalue weighted by molar-refractivity contribution is 9.10. The topological polar surface area (TPSA) is 67.2 Å². The predicted molar refractivity (Wildman–Crippen MR) is 79.7 cm³/mol. The highest BCUT2D eigenvalue weighted by Gasteiger charge is 2.19. The third-order valence-electron chi connectivity index (χ3n) is 3.16. The summed E-state index contributed by atoms with van der Waals surface area (Å²) in [4.78, 5) is 10.5. The van der Waals surface area contributed by atoms with Gasteiger partial charge in [0.05, 0.1) is 4.92 Å². The lowest BCUT2D eigenvalue weighted by atomic mass is 10.2. The summed E-state index contributed by atoms with van der Waals surface area (Å²) in [7, 11) is 0. The molecular formula is C13H18BrN3O2. The first-order chi connectivity index (χ1) is 9.08. The van der Waals surface area contributed by atoms with Crippen LogP contribution in [0.3, 0.4) is 0 Å². The highest BCUT2D eigenvalue weighted by Crippen LogP contribution is 2.30. The number of aryl methyl sites for hydroxylation is 1. The molecule has 5 nitrogen and oxygen atoms in total. The summed E-state index contributed by atoms with van der Waals surface area (Å²) >= 11 is 3.37. The molecule has 1 aliphatic carbocycles. The van der Waals surface area contributed by atoms with Crippen LogP contribution in [0, 0.1) is 17.0 Å². The van der Waals surface area contributed by atoms with E-state index in [0.29, 0.717) is 5.56 Å². The summed E-state index contributed by atoms with van der Waals surface area (Å²) in [5.74, 6) is 0. The molecule has 0 unspecified atom stereocenters. The van der Waals surface area contributed by atoms with Crippen molar-refractivity contribution < 1.29 is 4.92 Å². The first-order valence-electron chi connectivity index (χ1n) is 6.49. The van der Waals surface area contributed by atoms with Crippen LogP contribution in [0.2, 0.25) is 0 Å². The van der Waals surface area contributed by atoms with E-state index >= 15 is 0 Å². The maximum absolute atomic E-state index is 10.8. The van der Waals surface area contributed by atoms with Crippen LogP contribution in [-0.2, 0) is 0 Å². The molecule has 0 amide bonds. The zero-order valence-corrected chi connectivity index (χ0v) is 12.5. The van der Waals surface area contributed by atoms with Gasteiger partial charge < -0.3 is 10.6 Å². The van der Waals surface area contributed by atoms with Gasteiger partial charge in [-0.25, -0.2) is 0 Å². The van der Waals surface area contributed by atoms with E-state index in [4.69, 9.17) is 0 Å². The van der Waals surface area contributed by atoms with Gasteiger partial charge in [-0.1, -0.05) is 0 Å². The lowest BCUT2D eigenvalue weighted by molar-refractivity contribution is -0.385. The minimum absolute atomic E-state index is 0.146. The summed E-state index contributed by atoms with van der Waals surface area (Å²) < 4.78 is 0.736. The Hall–Kier alpha value is -1.14. The number of nitrogens with zero attached hydrogens (tertiary/aromatic N) is 1. The normalized spacial score (nSPS) is 14.4. The van der Waals surface area contributed by atoms with Crippen molar-refractivity contribution in [3.8, 4) is 0 Å². The molecule has 0 radical (unpaired) electrons. The second-order valence-corrected chi connectivity index (χ2v) is 5.74. The van der Waals surface area contributed by atoms with Crippen LogP contribution >= 0.6 is 15.9 Å². The molecule has 1 fully saturated rings. The van der Waals surface area contributed by atoms with Crippen molar-refractivity contribution >= 4 is 27.3 Å². The Morgan fingerprint density at radius 3 is 2.79 bits per heavy atom. The summed E-state index contributed by atoms with van der Waals surface area (Å²) in [6.45, 7) is 3.63. The zero-order chi connectivity index (χ0) is 13.8. The first-order valence-corrected chi connectivity index (χ1v) is 7.29. The second-order valence-electron chi connectivity index (χ2n) is 4.88. The lowest BCUT2D eigenvalue weighted by Crippen LogP contribution is -2.20. The lowest BCUT2D eigenvalue weighted by Gasteiger charge is -2.10. The number of benzene rings is 1. The average Bonchev–Trinajstić information content (AvgIpc) is 3.16. The van der Waals surface area contributed by atoms with Crippen LogP contribution in [0.4, 0.5) is 11.4 Å². The SMILES string of the molecule is Cc1cc(NCCCNC2CC2)c(Br)cc1[N+](=O)[O-]. The van der Waals surface area contributed by atoms with E-state index < -0.39 is 0 Å². The van der Waals surface area contributed by atoms with E-state index in [9.17, 15) is 10.1 Å². The van der Waals surface area contributed by atoms with E-state index in [1.165, 1.54) is 12.8 Å². The van der Waals surface area contributed by atoms with Crippen LogP contribution < -0.4 is 10.6 Å². The van der Waals surface area contributed by atoms with Crippen molar-refractivity contribution in [2.75, 3.05) is 18.4 Å². The highest BCUT2D eigenvalue weighted by atomic mass is 79.9. The van der Waals surface area contributed by atoms with E-state index in [2.05, 4.69) is 26.6 Å². The van der Waals surface area contributed by atoms with Gasteiger partial charge in [0.15, 0.2) is 0 Å². The second kappa shape index (κ2) is 6.34. The van der Waals surface area contributed by atoms with Gasteiger partial charge in [-0.3, -0.25) is 10.1 Å². The van der Waals surface area contributed by atoms with E-state index in [1.54, 1.807) is 13.0 Å². The molecule has 19 heavy (non-hydrogen) atoms. The van der Waals surface area contributed by atoms with Crippen molar-refractivity contribution in [1.29, 1.82) is 0 Å². The third kappa shape index (κ3) is 4.18. The summed E-state index contributed by atoms with van der Waals surface area (Å²) in [5.41, 5.74) is 1.73. The van der Waals surface area contributed by atoms with Crippen molar-refractivity contribution in [3.63, 3.8) is 0 Å². The van der Waals surface area contributed by atoms with Crippen LogP contribution in [0.5, 0.6) is 0 Å². The number of halogens is 1. The Labute approximate surface area is 121 Å². The quantitative estimate of drug-likeness (QED) is 0.458. The van der Waals surface area contributed by atoms with E-state index in [-0.39, 0.29) is 10.6 Å². The molecule has 1 aromatic rings. The predicted octanol–water partition coefficient (Wildman–Crippen LogP) is 3.22. The van der Waals surface area contributed by atoms with Gasteiger partial charge in [-0.05, 0) is 54.7 Å². The minimum Gasteiger partial charge on any atom is -0.384 e. The molecule has 104 valence electrons. The van der Waals surface area contributed by atoms with Gasteiger partial charge in [0.2, 0.25) is 0 Å². The number of nitrogens with one attached hydrogen (secondary N) is 2. The Kier molecular flexibility index (Phi) is 4.76. The molecule has 1 saturated carbocycles. The van der Waals surface area contributed by atoms with Crippen molar-refractivity contribution in [1.82, 2.24) is 5.32 Å². The minimum atomic E-state index is -0.358. The fourth-order valence-corrected chi connectivity index (χ4v) is 2.38. The zero-order valence-electron chi connectivity index (χ0n) is 10.9. The monoisotopic (exact) mass is 327 g/mol. The van der Waals surface area contributed by atoms with Crippen LogP contribution in [0.15, 0.2) is 16.6 Å². The van der Waals surface area contributed by atoms with Crippen molar-refractivity contribution in [3.05, 3.63) is 32.3 Å². The molecule has 2 N–H and O–H groups in total. The largest absolute Gasteiger partial charge is 0.384 e. The molecule has 2 rings (SSSR count). The molecule has 6 heteroatoms. The molecule has 0 atom stereocenters. The Morgan fingerprint density at radius 2 is 2.16 bits per heavy atom. The number of nitro benzene ring substituents is 1. The van der Waals surface area contributed by atoms with Gasteiger partial charge in [-0.2, -0.15) is 0 Å². The van der Waals surface area contributed by atoms with Gasteiger partial charge in [0.25, 0.3) is 5.69 Å². The first kappa shape index (κ1) is 14.3. The van der Waals surface area contributed by atoms with Crippen molar-refractivity contribution in [2.24, 2.45) is 0 Å². The number of rotatable bonds is 7. The Morgan fingerprint density at radius 1 is 1.42 bits per heavy atom. The Bertz CT molecular complexity index is 475. The average molecular weight is 328 g/mol. The van der Waals surface area contributed by atoms with E-state index in [0.717, 1.165) is 35.7 Å². The third-order valence-corrected chi connectivity index (χ3v) is 3.82. The van der Waals surface area contributed by atoms with Gasteiger partial charge in [-0.15, -0.1) is 0 Å². The molecule has 0 saturated heterocycles. The number of anilines is 1. The molecular weight excluding hydrogens is 310 g/mol. The van der Waals surface area contributed by atoms with E-state index in [1.807, 2.05) is 6.07 Å². The fraction of sp³-hybridized carbons (Fsp3) is 0.538. The number of hydrogen-bond acceptors (Lipinski definition) is 4. The fourth-order valence-electron chi connectivity index (χ4n) is 1.91. The molecule has 0 aromatic heterocycles. The summed E-state index contributed by atoms with van der Waals surface area (Å²) in [5, 5.41) is 17.6. The maximum Gasteiger partial charge on any atom is 0.273 e. The molecule has 1 aromatic carbocycles. The molecule has 1 aliphatic rings. The molecule has 0 heterocycles. The van der Waals surface area contributed by atoms with Crippen LogP contribution in [-0.4, -0.2) is 24.1 Å². The van der Waals surface area contributed by atoms with Gasteiger partial charge in [0, 0.05) is 34.4 Å². The molecule has 0 aliphatic heterocycles.